The zero-order valence-corrected chi connectivity index (χ0v) is 10.5. The minimum absolute atomic E-state index is 0.255. The molecular weight excluding hydrogens is 218 g/mol. The standard InChI is InChI=1S/C13H17NO3/c1-9(15)17-11-8-6-5-7-10(11)12(16)14-13(2,3)4/h5-8H,1-4H3,(H,14,16). The summed E-state index contributed by atoms with van der Waals surface area (Å²) in [6, 6.07) is 6.66. The third-order valence-electron chi connectivity index (χ3n) is 1.87. The van der Waals surface area contributed by atoms with Crippen LogP contribution in [-0.4, -0.2) is 17.4 Å². The predicted octanol–water partition coefficient (Wildman–Crippen LogP) is 2.14. The van der Waals surface area contributed by atoms with E-state index in [1.165, 1.54) is 6.92 Å². The molecule has 0 saturated heterocycles. The SMILES string of the molecule is CC(=O)Oc1ccccc1C(=O)NC(C)(C)C. The Morgan fingerprint density at radius 3 is 2.29 bits per heavy atom. The zero-order chi connectivity index (χ0) is 13.1. The van der Waals surface area contributed by atoms with Crippen molar-refractivity contribution in [3.8, 4) is 5.75 Å². The number of carbonyl (C=O) groups excluding carboxylic acids is 2. The summed E-state index contributed by atoms with van der Waals surface area (Å²) in [5.41, 5.74) is 0.0260. The Morgan fingerprint density at radius 1 is 1.18 bits per heavy atom. The monoisotopic (exact) mass is 235 g/mol. The maximum absolute atomic E-state index is 12.0. The van der Waals surface area contributed by atoms with E-state index >= 15 is 0 Å². The number of ether oxygens (including phenoxy) is 1. The Labute approximate surface area is 101 Å². The van der Waals surface area contributed by atoms with E-state index in [0.29, 0.717) is 5.56 Å². The summed E-state index contributed by atoms with van der Waals surface area (Å²) in [7, 11) is 0. The van der Waals surface area contributed by atoms with E-state index in [4.69, 9.17) is 4.74 Å². The summed E-state index contributed by atoms with van der Waals surface area (Å²) in [5.74, 6) is -0.419. The fraction of sp³-hybridized carbons (Fsp3) is 0.385. The molecule has 4 nitrogen and oxygen atoms in total. The first kappa shape index (κ1) is 13.2. The molecule has 0 unspecified atom stereocenters. The lowest BCUT2D eigenvalue weighted by Gasteiger charge is -2.21. The Morgan fingerprint density at radius 2 is 1.76 bits per heavy atom. The summed E-state index contributed by atoms with van der Waals surface area (Å²) < 4.78 is 4.98. The van der Waals surface area contributed by atoms with Crippen molar-refractivity contribution in [1.29, 1.82) is 0 Å². The molecule has 92 valence electrons. The van der Waals surface area contributed by atoms with Crippen molar-refractivity contribution in [3.63, 3.8) is 0 Å². The normalized spacial score (nSPS) is 10.8. The molecule has 1 aromatic carbocycles. The molecule has 0 radical (unpaired) electrons. The number of para-hydroxylation sites is 1. The molecule has 0 aromatic heterocycles. The minimum atomic E-state index is -0.444. The highest BCUT2D eigenvalue weighted by Gasteiger charge is 2.18. The van der Waals surface area contributed by atoms with Gasteiger partial charge in [0.25, 0.3) is 5.91 Å². The zero-order valence-electron chi connectivity index (χ0n) is 10.5. The minimum Gasteiger partial charge on any atom is -0.426 e. The highest BCUT2D eigenvalue weighted by atomic mass is 16.5. The largest absolute Gasteiger partial charge is 0.426 e. The number of hydrogen-bond donors (Lipinski definition) is 1. The summed E-state index contributed by atoms with van der Waals surface area (Å²) in [6.07, 6.45) is 0. The first-order valence-corrected chi connectivity index (χ1v) is 5.39. The van der Waals surface area contributed by atoms with E-state index in [2.05, 4.69) is 5.32 Å². The van der Waals surface area contributed by atoms with Gasteiger partial charge in [0.2, 0.25) is 0 Å². The second-order valence-corrected chi connectivity index (χ2v) is 4.79. The number of nitrogens with one attached hydrogen (secondary N) is 1. The van der Waals surface area contributed by atoms with Crippen LogP contribution in [0.25, 0.3) is 0 Å². The lowest BCUT2D eigenvalue weighted by molar-refractivity contribution is -0.131. The summed E-state index contributed by atoms with van der Waals surface area (Å²) in [4.78, 5) is 22.9. The molecular formula is C13H17NO3. The van der Waals surface area contributed by atoms with Crippen LogP contribution in [0.3, 0.4) is 0 Å². The Hall–Kier alpha value is -1.84. The van der Waals surface area contributed by atoms with Crippen LogP contribution in [0, 0.1) is 0 Å². The Kier molecular flexibility index (Phi) is 3.89. The van der Waals surface area contributed by atoms with E-state index in [0.717, 1.165) is 0 Å². The molecule has 0 bridgehead atoms. The van der Waals surface area contributed by atoms with E-state index in [9.17, 15) is 9.59 Å². The number of amides is 1. The van der Waals surface area contributed by atoms with Gasteiger partial charge in [-0.05, 0) is 32.9 Å². The second kappa shape index (κ2) is 4.99. The topological polar surface area (TPSA) is 55.4 Å². The van der Waals surface area contributed by atoms with Crippen molar-refractivity contribution < 1.29 is 14.3 Å². The average molecular weight is 235 g/mol. The number of hydrogen-bond acceptors (Lipinski definition) is 3. The Balaban J connectivity index is 2.97. The fourth-order valence-electron chi connectivity index (χ4n) is 1.31. The van der Waals surface area contributed by atoms with E-state index in [1.54, 1.807) is 24.3 Å². The molecule has 0 fully saturated rings. The van der Waals surface area contributed by atoms with Crippen molar-refractivity contribution in [2.45, 2.75) is 33.2 Å². The van der Waals surface area contributed by atoms with Gasteiger partial charge in [-0.15, -0.1) is 0 Å². The van der Waals surface area contributed by atoms with Crippen LogP contribution in [0.4, 0.5) is 0 Å². The van der Waals surface area contributed by atoms with Crippen molar-refractivity contribution in [1.82, 2.24) is 5.32 Å². The van der Waals surface area contributed by atoms with Crippen LogP contribution in [0.1, 0.15) is 38.1 Å². The van der Waals surface area contributed by atoms with Gasteiger partial charge in [0.05, 0.1) is 5.56 Å². The van der Waals surface area contributed by atoms with Gasteiger partial charge in [-0.1, -0.05) is 12.1 Å². The van der Waals surface area contributed by atoms with Crippen LogP contribution in [0.15, 0.2) is 24.3 Å². The number of benzene rings is 1. The van der Waals surface area contributed by atoms with E-state index in [1.807, 2.05) is 20.8 Å². The van der Waals surface area contributed by atoms with Crippen molar-refractivity contribution in [3.05, 3.63) is 29.8 Å². The lowest BCUT2D eigenvalue weighted by atomic mass is 10.1. The number of rotatable bonds is 2. The number of carbonyl (C=O) groups is 2. The summed E-state index contributed by atoms with van der Waals surface area (Å²) in [6.45, 7) is 6.97. The molecule has 0 spiro atoms. The predicted molar refractivity (Wildman–Crippen MR) is 65.0 cm³/mol. The number of esters is 1. The van der Waals surface area contributed by atoms with Gasteiger partial charge in [0.1, 0.15) is 5.75 Å². The molecule has 0 aliphatic carbocycles. The maximum atomic E-state index is 12.0. The lowest BCUT2D eigenvalue weighted by Crippen LogP contribution is -2.40. The van der Waals surface area contributed by atoms with E-state index < -0.39 is 5.97 Å². The van der Waals surface area contributed by atoms with Crippen LogP contribution in [-0.2, 0) is 4.79 Å². The molecule has 4 heteroatoms. The molecule has 1 aromatic rings. The highest BCUT2D eigenvalue weighted by molar-refractivity contribution is 5.97. The van der Waals surface area contributed by atoms with Gasteiger partial charge in [-0.3, -0.25) is 9.59 Å². The van der Waals surface area contributed by atoms with Gasteiger partial charge in [-0.25, -0.2) is 0 Å². The second-order valence-electron chi connectivity index (χ2n) is 4.79. The van der Waals surface area contributed by atoms with Crippen molar-refractivity contribution in [2.75, 3.05) is 0 Å². The molecule has 0 saturated carbocycles. The van der Waals surface area contributed by atoms with Gasteiger partial charge in [-0.2, -0.15) is 0 Å². The fourth-order valence-corrected chi connectivity index (χ4v) is 1.31. The molecule has 1 rings (SSSR count). The molecule has 0 aliphatic rings. The third-order valence-corrected chi connectivity index (χ3v) is 1.87. The van der Waals surface area contributed by atoms with Crippen LogP contribution < -0.4 is 10.1 Å². The van der Waals surface area contributed by atoms with Crippen molar-refractivity contribution >= 4 is 11.9 Å². The van der Waals surface area contributed by atoms with Crippen LogP contribution in [0.2, 0.25) is 0 Å². The van der Waals surface area contributed by atoms with Crippen LogP contribution in [0.5, 0.6) is 5.75 Å². The van der Waals surface area contributed by atoms with Gasteiger partial charge in [0, 0.05) is 12.5 Å². The molecule has 0 aliphatic heterocycles. The molecule has 1 amide bonds. The Bertz CT molecular complexity index is 433. The quantitative estimate of drug-likeness (QED) is 0.631. The smallest absolute Gasteiger partial charge is 0.308 e. The third kappa shape index (κ3) is 4.26. The first-order valence-electron chi connectivity index (χ1n) is 5.39. The summed E-state index contributed by atoms with van der Waals surface area (Å²) >= 11 is 0. The van der Waals surface area contributed by atoms with E-state index in [-0.39, 0.29) is 17.2 Å². The first-order chi connectivity index (χ1) is 7.79. The van der Waals surface area contributed by atoms with Crippen molar-refractivity contribution in [2.24, 2.45) is 0 Å². The molecule has 17 heavy (non-hydrogen) atoms. The average Bonchev–Trinajstić information content (AvgIpc) is 2.14. The molecule has 0 heterocycles. The van der Waals surface area contributed by atoms with Gasteiger partial charge >= 0.3 is 5.97 Å². The highest BCUT2D eigenvalue weighted by Crippen LogP contribution is 2.18. The maximum Gasteiger partial charge on any atom is 0.308 e. The molecule has 1 N–H and O–H groups in total. The van der Waals surface area contributed by atoms with Gasteiger partial charge < -0.3 is 10.1 Å². The van der Waals surface area contributed by atoms with Gasteiger partial charge in [0.15, 0.2) is 0 Å². The van der Waals surface area contributed by atoms with Crippen LogP contribution >= 0.6 is 0 Å². The summed E-state index contributed by atoms with van der Waals surface area (Å²) in [5, 5.41) is 2.82. The molecule has 0 atom stereocenters.